The Balaban J connectivity index is 1.69. The maximum atomic E-state index is 5.88. The van der Waals surface area contributed by atoms with E-state index >= 15 is 0 Å². The number of anilines is 2. The van der Waals surface area contributed by atoms with Crippen LogP contribution in [0.4, 0.5) is 11.4 Å². The number of hydrogen-bond donors (Lipinski definition) is 2. The summed E-state index contributed by atoms with van der Waals surface area (Å²) in [6.45, 7) is 0. The fourth-order valence-electron chi connectivity index (χ4n) is 2.15. The SMILES string of the molecule is Nc1ccc(C=Cc2ccc(Oc3ccccc3N)cc2)cc1. The van der Waals surface area contributed by atoms with Crippen molar-refractivity contribution in [2.24, 2.45) is 0 Å². The standard InChI is InChI=1S/C20H18N2O/c21-17-11-7-15(8-12-17)5-6-16-9-13-18(14-10-16)23-20-4-2-1-3-19(20)22/h1-14H,21-22H2. The Hall–Kier alpha value is -3.20. The van der Waals surface area contributed by atoms with Gasteiger partial charge in [0.1, 0.15) is 11.5 Å². The van der Waals surface area contributed by atoms with Crippen LogP contribution in [0.1, 0.15) is 11.1 Å². The fourth-order valence-corrected chi connectivity index (χ4v) is 2.15. The number of para-hydroxylation sites is 2. The first-order valence-corrected chi connectivity index (χ1v) is 7.37. The molecular formula is C20H18N2O. The van der Waals surface area contributed by atoms with Crippen LogP contribution in [0.25, 0.3) is 12.2 Å². The monoisotopic (exact) mass is 302 g/mol. The van der Waals surface area contributed by atoms with Gasteiger partial charge in [0.15, 0.2) is 0 Å². The third kappa shape index (κ3) is 3.92. The molecule has 0 fully saturated rings. The molecule has 114 valence electrons. The zero-order chi connectivity index (χ0) is 16.1. The molecule has 0 saturated heterocycles. The van der Waals surface area contributed by atoms with Gasteiger partial charge in [0, 0.05) is 5.69 Å². The van der Waals surface area contributed by atoms with Gasteiger partial charge in [-0.3, -0.25) is 0 Å². The number of ether oxygens (including phenoxy) is 1. The summed E-state index contributed by atoms with van der Waals surface area (Å²) in [6.07, 6.45) is 4.09. The van der Waals surface area contributed by atoms with Crippen molar-refractivity contribution in [3.05, 3.63) is 83.9 Å². The van der Waals surface area contributed by atoms with Gasteiger partial charge in [-0.15, -0.1) is 0 Å². The second kappa shape index (κ2) is 6.71. The molecule has 0 atom stereocenters. The Morgan fingerprint density at radius 1 is 0.652 bits per heavy atom. The maximum Gasteiger partial charge on any atom is 0.150 e. The normalized spacial score (nSPS) is 10.8. The molecule has 3 aromatic carbocycles. The molecule has 0 unspecified atom stereocenters. The van der Waals surface area contributed by atoms with Crippen molar-refractivity contribution in [1.82, 2.24) is 0 Å². The minimum Gasteiger partial charge on any atom is -0.455 e. The van der Waals surface area contributed by atoms with Crippen LogP contribution < -0.4 is 16.2 Å². The van der Waals surface area contributed by atoms with E-state index < -0.39 is 0 Å². The zero-order valence-corrected chi connectivity index (χ0v) is 12.6. The van der Waals surface area contributed by atoms with Crippen LogP contribution in [0, 0.1) is 0 Å². The van der Waals surface area contributed by atoms with Crippen LogP contribution in [0.5, 0.6) is 11.5 Å². The van der Waals surface area contributed by atoms with Crippen molar-refractivity contribution in [2.75, 3.05) is 11.5 Å². The summed E-state index contributed by atoms with van der Waals surface area (Å²) in [6, 6.07) is 23.1. The van der Waals surface area contributed by atoms with Crippen LogP contribution in [0.15, 0.2) is 72.8 Å². The van der Waals surface area contributed by atoms with Crippen molar-refractivity contribution in [1.29, 1.82) is 0 Å². The summed E-state index contributed by atoms with van der Waals surface area (Å²) < 4.78 is 5.78. The molecule has 0 aromatic heterocycles. The lowest BCUT2D eigenvalue weighted by atomic mass is 10.1. The number of nitrogens with two attached hydrogens (primary N) is 2. The number of rotatable bonds is 4. The molecule has 4 N–H and O–H groups in total. The van der Waals surface area contributed by atoms with E-state index in [9.17, 15) is 0 Å². The molecular weight excluding hydrogens is 284 g/mol. The molecule has 0 aliphatic carbocycles. The van der Waals surface area contributed by atoms with E-state index in [4.69, 9.17) is 16.2 Å². The molecule has 0 heterocycles. The number of hydrogen-bond acceptors (Lipinski definition) is 3. The number of nitrogen functional groups attached to an aromatic ring is 2. The van der Waals surface area contributed by atoms with E-state index in [0.717, 1.165) is 22.6 Å². The van der Waals surface area contributed by atoms with Gasteiger partial charge < -0.3 is 16.2 Å². The number of benzene rings is 3. The van der Waals surface area contributed by atoms with E-state index in [0.29, 0.717) is 11.4 Å². The summed E-state index contributed by atoms with van der Waals surface area (Å²) in [5.41, 5.74) is 15.1. The Labute approximate surface area is 135 Å². The highest BCUT2D eigenvalue weighted by Gasteiger charge is 2.00. The Morgan fingerprint density at radius 2 is 1.22 bits per heavy atom. The lowest BCUT2D eigenvalue weighted by molar-refractivity contribution is 0.485. The predicted molar refractivity (Wildman–Crippen MR) is 97.2 cm³/mol. The third-order valence-electron chi connectivity index (χ3n) is 3.43. The van der Waals surface area contributed by atoms with Crippen LogP contribution >= 0.6 is 0 Å². The maximum absolute atomic E-state index is 5.88. The van der Waals surface area contributed by atoms with Gasteiger partial charge in [0.25, 0.3) is 0 Å². The molecule has 3 rings (SSSR count). The van der Waals surface area contributed by atoms with Crippen molar-refractivity contribution < 1.29 is 4.74 Å². The largest absolute Gasteiger partial charge is 0.455 e. The summed E-state index contributed by atoms with van der Waals surface area (Å²) >= 11 is 0. The highest BCUT2D eigenvalue weighted by atomic mass is 16.5. The van der Waals surface area contributed by atoms with E-state index in [2.05, 4.69) is 0 Å². The highest BCUT2D eigenvalue weighted by Crippen LogP contribution is 2.27. The molecule has 3 nitrogen and oxygen atoms in total. The van der Waals surface area contributed by atoms with Gasteiger partial charge in [0.2, 0.25) is 0 Å². The van der Waals surface area contributed by atoms with Gasteiger partial charge >= 0.3 is 0 Å². The van der Waals surface area contributed by atoms with Crippen molar-refractivity contribution in [3.63, 3.8) is 0 Å². The van der Waals surface area contributed by atoms with E-state index in [-0.39, 0.29) is 0 Å². The molecule has 0 aliphatic rings. The molecule has 3 heteroatoms. The quantitative estimate of drug-likeness (QED) is 0.537. The topological polar surface area (TPSA) is 61.3 Å². The third-order valence-corrected chi connectivity index (χ3v) is 3.43. The van der Waals surface area contributed by atoms with Crippen molar-refractivity contribution >= 4 is 23.5 Å². The van der Waals surface area contributed by atoms with Crippen LogP contribution in [0.2, 0.25) is 0 Å². The highest BCUT2D eigenvalue weighted by molar-refractivity contribution is 5.70. The molecule has 0 radical (unpaired) electrons. The average Bonchev–Trinajstić information content (AvgIpc) is 2.58. The van der Waals surface area contributed by atoms with Crippen LogP contribution in [-0.2, 0) is 0 Å². The molecule has 0 bridgehead atoms. The van der Waals surface area contributed by atoms with Gasteiger partial charge in [-0.1, -0.05) is 48.6 Å². The van der Waals surface area contributed by atoms with Crippen molar-refractivity contribution in [3.8, 4) is 11.5 Å². The van der Waals surface area contributed by atoms with E-state index in [1.807, 2.05) is 84.9 Å². The Kier molecular flexibility index (Phi) is 4.29. The molecule has 23 heavy (non-hydrogen) atoms. The van der Waals surface area contributed by atoms with Gasteiger partial charge in [-0.05, 0) is 47.5 Å². The first-order valence-electron chi connectivity index (χ1n) is 7.37. The van der Waals surface area contributed by atoms with Gasteiger partial charge in [-0.2, -0.15) is 0 Å². The molecule has 0 saturated carbocycles. The van der Waals surface area contributed by atoms with Crippen LogP contribution in [-0.4, -0.2) is 0 Å². The fraction of sp³-hybridized carbons (Fsp3) is 0. The average molecular weight is 302 g/mol. The smallest absolute Gasteiger partial charge is 0.150 e. The summed E-state index contributed by atoms with van der Waals surface area (Å²) in [5, 5.41) is 0. The first kappa shape index (κ1) is 14.7. The molecule has 0 amide bonds. The Morgan fingerprint density at radius 3 is 1.83 bits per heavy atom. The first-order chi connectivity index (χ1) is 11.2. The molecule has 3 aromatic rings. The lowest BCUT2D eigenvalue weighted by Crippen LogP contribution is -1.91. The van der Waals surface area contributed by atoms with E-state index in [1.165, 1.54) is 0 Å². The Bertz CT molecular complexity index is 806. The van der Waals surface area contributed by atoms with Gasteiger partial charge in [0.05, 0.1) is 5.69 Å². The molecule has 0 spiro atoms. The summed E-state index contributed by atoms with van der Waals surface area (Å²) in [4.78, 5) is 0. The summed E-state index contributed by atoms with van der Waals surface area (Å²) in [5.74, 6) is 1.42. The predicted octanol–water partition coefficient (Wildman–Crippen LogP) is 4.81. The van der Waals surface area contributed by atoms with E-state index in [1.54, 1.807) is 0 Å². The lowest BCUT2D eigenvalue weighted by Gasteiger charge is -2.08. The van der Waals surface area contributed by atoms with Crippen LogP contribution in [0.3, 0.4) is 0 Å². The minimum absolute atomic E-state index is 0.625. The second-order valence-electron chi connectivity index (χ2n) is 5.21. The van der Waals surface area contributed by atoms with Crippen molar-refractivity contribution in [2.45, 2.75) is 0 Å². The van der Waals surface area contributed by atoms with Gasteiger partial charge in [-0.25, -0.2) is 0 Å². The molecule has 0 aliphatic heterocycles. The minimum atomic E-state index is 0.625. The zero-order valence-electron chi connectivity index (χ0n) is 12.6. The second-order valence-corrected chi connectivity index (χ2v) is 5.21. The summed E-state index contributed by atoms with van der Waals surface area (Å²) in [7, 11) is 0.